The van der Waals surface area contributed by atoms with Gasteiger partial charge in [0, 0.05) is 11.3 Å². The maximum Gasteiger partial charge on any atom is 0.136 e. The molecule has 0 unspecified atom stereocenters. The Kier molecular flexibility index (Phi) is 3.12. The highest BCUT2D eigenvalue weighted by molar-refractivity contribution is 6.12. The first-order valence-corrected chi connectivity index (χ1v) is 7.44. The first kappa shape index (κ1) is 13.9. The van der Waals surface area contributed by atoms with Crippen LogP contribution < -0.4 is 4.90 Å². The number of para-hydroxylation sites is 1. The lowest BCUT2D eigenvalue weighted by Gasteiger charge is -2.41. The molecule has 2 aromatic rings. The van der Waals surface area contributed by atoms with E-state index in [2.05, 4.69) is 87.2 Å². The maximum atomic E-state index is 5.04. The van der Waals surface area contributed by atoms with Crippen LogP contribution in [0.25, 0.3) is 0 Å². The van der Waals surface area contributed by atoms with Gasteiger partial charge in [0.15, 0.2) is 0 Å². The standard InChI is InChI=1S/C19H22N2/c1-18(2)19(3,4)21(16-13-9-6-10-14-16)17(20-18)15-11-7-5-8-12-15/h5-14H,1-4H3. The monoisotopic (exact) mass is 278 g/mol. The van der Waals surface area contributed by atoms with E-state index in [1.165, 1.54) is 11.3 Å². The van der Waals surface area contributed by atoms with Gasteiger partial charge in [-0.15, -0.1) is 0 Å². The molecule has 0 aliphatic carbocycles. The molecule has 1 aliphatic heterocycles. The molecule has 0 amide bonds. The van der Waals surface area contributed by atoms with Crippen molar-refractivity contribution in [3.8, 4) is 0 Å². The Balaban J connectivity index is 2.17. The summed E-state index contributed by atoms with van der Waals surface area (Å²) in [5.41, 5.74) is 2.13. The summed E-state index contributed by atoms with van der Waals surface area (Å²) in [4.78, 5) is 7.41. The highest BCUT2D eigenvalue weighted by Gasteiger charge is 2.49. The summed E-state index contributed by atoms with van der Waals surface area (Å²) in [6.07, 6.45) is 0. The van der Waals surface area contributed by atoms with Gasteiger partial charge in [-0.3, -0.25) is 4.99 Å². The van der Waals surface area contributed by atoms with Gasteiger partial charge in [-0.2, -0.15) is 0 Å². The number of benzene rings is 2. The average molecular weight is 278 g/mol. The first-order valence-electron chi connectivity index (χ1n) is 7.44. The molecule has 0 saturated heterocycles. The highest BCUT2D eigenvalue weighted by Crippen LogP contribution is 2.41. The van der Waals surface area contributed by atoms with Crippen LogP contribution in [0.5, 0.6) is 0 Å². The molecular formula is C19H22N2. The minimum atomic E-state index is -0.145. The molecule has 2 aromatic carbocycles. The Labute approximate surface area is 127 Å². The molecule has 2 heteroatoms. The maximum absolute atomic E-state index is 5.04. The average Bonchev–Trinajstić information content (AvgIpc) is 2.67. The van der Waals surface area contributed by atoms with Crippen molar-refractivity contribution in [3.05, 3.63) is 66.2 Å². The largest absolute Gasteiger partial charge is 0.318 e. The van der Waals surface area contributed by atoms with Crippen LogP contribution in [-0.2, 0) is 0 Å². The third-order valence-electron chi connectivity index (χ3n) is 4.70. The lowest BCUT2D eigenvalue weighted by molar-refractivity contribution is 0.338. The Morgan fingerprint density at radius 2 is 1.29 bits per heavy atom. The normalized spacial score (nSPS) is 19.4. The lowest BCUT2D eigenvalue weighted by Crippen LogP contribution is -2.53. The number of hydrogen-bond donors (Lipinski definition) is 0. The molecule has 0 atom stereocenters. The van der Waals surface area contributed by atoms with Crippen molar-refractivity contribution in [1.29, 1.82) is 0 Å². The summed E-state index contributed by atoms with van der Waals surface area (Å²) in [6.45, 7) is 8.94. The quantitative estimate of drug-likeness (QED) is 0.789. The summed E-state index contributed by atoms with van der Waals surface area (Å²) >= 11 is 0. The van der Waals surface area contributed by atoms with E-state index in [1.807, 2.05) is 6.07 Å². The second kappa shape index (κ2) is 4.73. The van der Waals surface area contributed by atoms with Gasteiger partial charge >= 0.3 is 0 Å². The van der Waals surface area contributed by atoms with Crippen LogP contribution in [-0.4, -0.2) is 16.9 Å². The molecule has 2 nitrogen and oxygen atoms in total. The van der Waals surface area contributed by atoms with Crippen LogP contribution >= 0.6 is 0 Å². The number of rotatable bonds is 2. The minimum Gasteiger partial charge on any atom is -0.318 e. The fraction of sp³-hybridized carbons (Fsp3) is 0.316. The summed E-state index contributed by atoms with van der Waals surface area (Å²) in [5, 5.41) is 0. The smallest absolute Gasteiger partial charge is 0.136 e. The number of anilines is 1. The molecule has 3 rings (SSSR count). The number of aliphatic imine (C=N–C) groups is 1. The van der Waals surface area contributed by atoms with E-state index >= 15 is 0 Å². The molecule has 0 aromatic heterocycles. The van der Waals surface area contributed by atoms with Gasteiger partial charge in [-0.1, -0.05) is 48.5 Å². The number of nitrogens with zero attached hydrogens (tertiary/aromatic N) is 2. The van der Waals surface area contributed by atoms with Crippen molar-refractivity contribution in [2.75, 3.05) is 4.90 Å². The molecule has 1 aliphatic rings. The highest BCUT2D eigenvalue weighted by atomic mass is 15.3. The predicted octanol–water partition coefficient (Wildman–Crippen LogP) is 4.51. The van der Waals surface area contributed by atoms with Crippen LogP contribution in [0.1, 0.15) is 33.3 Å². The van der Waals surface area contributed by atoms with Crippen LogP contribution in [0, 0.1) is 0 Å². The number of hydrogen-bond acceptors (Lipinski definition) is 2. The first-order chi connectivity index (χ1) is 9.93. The molecule has 0 radical (unpaired) electrons. The SMILES string of the molecule is CC1(C)N=C(c2ccccc2)N(c2ccccc2)C1(C)C. The summed E-state index contributed by atoms with van der Waals surface area (Å²) < 4.78 is 0. The van der Waals surface area contributed by atoms with Gasteiger partial charge in [-0.25, -0.2) is 0 Å². The third kappa shape index (κ3) is 2.15. The Hall–Kier alpha value is -2.09. The van der Waals surface area contributed by atoms with Crippen LogP contribution in [0.3, 0.4) is 0 Å². The zero-order valence-corrected chi connectivity index (χ0v) is 13.2. The van der Waals surface area contributed by atoms with Crippen molar-refractivity contribution in [2.24, 2.45) is 4.99 Å². The van der Waals surface area contributed by atoms with E-state index in [0.29, 0.717) is 0 Å². The van der Waals surface area contributed by atoms with E-state index in [4.69, 9.17) is 4.99 Å². The van der Waals surface area contributed by atoms with Gasteiger partial charge < -0.3 is 4.90 Å². The van der Waals surface area contributed by atoms with E-state index in [9.17, 15) is 0 Å². The van der Waals surface area contributed by atoms with Crippen LogP contribution in [0.15, 0.2) is 65.7 Å². The zero-order valence-electron chi connectivity index (χ0n) is 13.2. The lowest BCUT2D eigenvalue weighted by atomic mass is 9.83. The van der Waals surface area contributed by atoms with Crippen molar-refractivity contribution >= 4 is 11.5 Å². The van der Waals surface area contributed by atoms with E-state index in [-0.39, 0.29) is 11.1 Å². The van der Waals surface area contributed by atoms with Gasteiger partial charge in [0.05, 0.1) is 11.1 Å². The Morgan fingerprint density at radius 1 is 0.762 bits per heavy atom. The fourth-order valence-corrected chi connectivity index (χ4v) is 2.79. The molecule has 108 valence electrons. The Morgan fingerprint density at radius 3 is 1.86 bits per heavy atom. The third-order valence-corrected chi connectivity index (χ3v) is 4.70. The van der Waals surface area contributed by atoms with Gasteiger partial charge in [0.25, 0.3) is 0 Å². The second-order valence-corrected chi connectivity index (χ2v) is 6.59. The minimum absolute atomic E-state index is 0.0838. The van der Waals surface area contributed by atoms with E-state index in [0.717, 1.165) is 5.84 Å². The molecule has 0 N–H and O–H groups in total. The predicted molar refractivity (Wildman–Crippen MR) is 90.1 cm³/mol. The van der Waals surface area contributed by atoms with Crippen molar-refractivity contribution in [1.82, 2.24) is 0 Å². The summed E-state index contributed by atoms with van der Waals surface area (Å²) in [7, 11) is 0. The molecule has 0 spiro atoms. The topological polar surface area (TPSA) is 15.6 Å². The Bertz CT molecular complexity index is 654. The zero-order chi connectivity index (χ0) is 15.1. The van der Waals surface area contributed by atoms with Crippen LogP contribution in [0.4, 0.5) is 5.69 Å². The summed E-state index contributed by atoms with van der Waals surface area (Å²) in [5.74, 6) is 1.05. The van der Waals surface area contributed by atoms with Crippen LogP contribution in [0.2, 0.25) is 0 Å². The molecule has 0 saturated carbocycles. The van der Waals surface area contributed by atoms with E-state index in [1.54, 1.807) is 0 Å². The molecule has 21 heavy (non-hydrogen) atoms. The fourth-order valence-electron chi connectivity index (χ4n) is 2.79. The summed E-state index contributed by atoms with van der Waals surface area (Å²) in [6, 6.07) is 21.0. The van der Waals surface area contributed by atoms with Gasteiger partial charge in [0.2, 0.25) is 0 Å². The second-order valence-electron chi connectivity index (χ2n) is 6.59. The van der Waals surface area contributed by atoms with E-state index < -0.39 is 0 Å². The number of amidine groups is 1. The molecular weight excluding hydrogens is 256 g/mol. The van der Waals surface area contributed by atoms with Gasteiger partial charge in [-0.05, 0) is 39.8 Å². The molecule has 1 heterocycles. The van der Waals surface area contributed by atoms with Crippen molar-refractivity contribution < 1.29 is 0 Å². The molecule has 0 fully saturated rings. The van der Waals surface area contributed by atoms with Gasteiger partial charge in [0.1, 0.15) is 5.84 Å². The molecule has 0 bridgehead atoms. The van der Waals surface area contributed by atoms with Crippen molar-refractivity contribution in [3.63, 3.8) is 0 Å². The van der Waals surface area contributed by atoms with Crippen molar-refractivity contribution in [2.45, 2.75) is 38.8 Å².